The molecule has 15 heavy (non-hydrogen) atoms. The average molecular weight is 205 g/mol. The molecule has 2 aromatic rings. The summed E-state index contributed by atoms with van der Waals surface area (Å²) in [6.45, 7) is 0. The maximum atomic E-state index is 8.47. The second-order valence-corrected chi connectivity index (χ2v) is 3.20. The number of imidazole rings is 1. The Hall–Kier alpha value is -2.11. The number of hydrogen-bond acceptors (Lipinski definition) is 4. The fraction of sp³-hybridized carbons (Fsp3) is 0.222. The first kappa shape index (κ1) is 9.45. The molecule has 0 fully saturated rings. The molecule has 2 aromatic heterocycles. The minimum atomic E-state index is 0.133. The number of pyridine rings is 1. The first-order chi connectivity index (χ1) is 7.22. The van der Waals surface area contributed by atoms with Crippen LogP contribution in [0.5, 0.6) is 0 Å². The fourth-order valence-electron chi connectivity index (χ4n) is 1.43. The highest BCUT2D eigenvalue weighted by Gasteiger charge is 2.09. The number of fused-ring (bicyclic) bond motifs is 1. The van der Waals surface area contributed by atoms with E-state index in [1.165, 1.54) is 0 Å². The van der Waals surface area contributed by atoms with Gasteiger partial charge in [0.15, 0.2) is 5.65 Å². The second kappa shape index (κ2) is 3.56. The van der Waals surface area contributed by atoms with Crippen molar-refractivity contribution in [3.63, 3.8) is 0 Å². The third-order valence-corrected chi connectivity index (χ3v) is 2.19. The number of nitrogens with two attached hydrogens (primary N) is 1. The zero-order valence-electron chi connectivity index (χ0n) is 8.25. The highest BCUT2D eigenvalue weighted by atomic mass is 16.4. The first-order valence-electron chi connectivity index (χ1n) is 4.45. The van der Waals surface area contributed by atoms with E-state index in [9.17, 15) is 0 Å². The Labute approximate surface area is 86.0 Å². The van der Waals surface area contributed by atoms with E-state index in [1.807, 2.05) is 23.7 Å². The van der Waals surface area contributed by atoms with E-state index in [2.05, 4.69) is 15.1 Å². The van der Waals surface area contributed by atoms with Crippen LogP contribution in [0.15, 0.2) is 23.5 Å². The second-order valence-electron chi connectivity index (χ2n) is 3.20. The van der Waals surface area contributed by atoms with E-state index in [0.717, 1.165) is 17.0 Å². The Morgan fingerprint density at radius 2 is 2.47 bits per heavy atom. The number of rotatable bonds is 2. The molecule has 0 aromatic carbocycles. The van der Waals surface area contributed by atoms with Crippen molar-refractivity contribution in [3.8, 4) is 0 Å². The highest BCUT2D eigenvalue weighted by molar-refractivity contribution is 5.82. The van der Waals surface area contributed by atoms with Gasteiger partial charge in [0.1, 0.15) is 17.2 Å². The van der Waals surface area contributed by atoms with Gasteiger partial charge in [0.05, 0.1) is 6.42 Å². The normalized spacial score (nSPS) is 12.2. The summed E-state index contributed by atoms with van der Waals surface area (Å²) < 4.78 is 1.83. The lowest BCUT2D eigenvalue weighted by Crippen LogP contribution is -2.17. The maximum absolute atomic E-state index is 8.47. The predicted molar refractivity (Wildman–Crippen MR) is 55.6 cm³/mol. The van der Waals surface area contributed by atoms with Crippen LogP contribution >= 0.6 is 0 Å². The largest absolute Gasteiger partial charge is 0.409 e. The predicted octanol–water partition coefficient (Wildman–Crippen LogP) is 0.257. The summed E-state index contributed by atoms with van der Waals surface area (Å²) in [6.07, 6.45) is 2.01. The summed E-state index contributed by atoms with van der Waals surface area (Å²) in [5, 5.41) is 11.4. The average Bonchev–Trinajstić information content (AvgIpc) is 2.57. The molecule has 2 heterocycles. The van der Waals surface area contributed by atoms with Gasteiger partial charge in [-0.05, 0) is 12.1 Å². The molecule has 0 bridgehead atoms. The van der Waals surface area contributed by atoms with Crippen LogP contribution in [-0.4, -0.2) is 25.6 Å². The van der Waals surface area contributed by atoms with Crippen LogP contribution in [0.1, 0.15) is 5.82 Å². The van der Waals surface area contributed by atoms with E-state index < -0.39 is 0 Å². The lowest BCUT2D eigenvalue weighted by atomic mass is 10.4. The van der Waals surface area contributed by atoms with Crippen LogP contribution in [0.25, 0.3) is 11.2 Å². The highest BCUT2D eigenvalue weighted by Crippen LogP contribution is 2.11. The third kappa shape index (κ3) is 1.61. The van der Waals surface area contributed by atoms with Gasteiger partial charge in [0, 0.05) is 13.2 Å². The standard InChI is InChI=1S/C9H11N5O/c1-14-8(5-7(10)13-15)12-6-3-2-4-11-9(6)14/h2-4,15H,5H2,1H3,(H2,10,13). The van der Waals surface area contributed by atoms with Crippen LogP contribution in [0.2, 0.25) is 0 Å². The molecule has 0 amide bonds. The lowest BCUT2D eigenvalue weighted by Gasteiger charge is -1.99. The number of oxime groups is 1. The van der Waals surface area contributed by atoms with E-state index in [0.29, 0.717) is 6.42 Å². The summed E-state index contributed by atoms with van der Waals surface area (Å²) in [6, 6.07) is 3.70. The molecule has 2 rings (SSSR count). The molecule has 0 radical (unpaired) electrons. The molecule has 0 spiro atoms. The minimum Gasteiger partial charge on any atom is -0.409 e. The molecule has 3 N–H and O–H groups in total. The molecule has 0 aliphatic heterocycles. The van der Waals surface area contributed by atoms with E-state index in [-0.39, 0.29) is 5.84 Å². The van der Waals surface area contributed by atoms with Gasteiger partial charge in [0.2, 0.25) is 0 Å². The zero-order valence-corrected chi connectivity index (χ0v) is 8.25. The maximum Gasteiger partial charge on any atom is 0.159 e. The molecule has 0 aliphatic rings. The van der Waals surface area contributed by atoms with Crippen LogP contribution in [0.4, 0.5) is 0 Å². The van der Waals surface area contributed by atoms with Crippen molar-refractivity contribution < 1.29 is 5.21 Å². The van der Waals surface area contributed by atoms with Crippen LogP contribution in [0.3, 0.4) is 0 Å². The monoisotopic (exact) mass is 205 g/mol. The third-order valence-electron chi connectivity index (χ3n) is 2.19. The Bertz CT molecular complexity index is 516. The topological polar surface area (TPSA) is 89.3 Å². The minimum absolute atomic E-state index is 0.133. The summed E-state index contributed by atoms with van der Waals surface area (Å²) in [5.41, 5.74) is 7.02. The van der Waals surface area contributed by atoms with Crippen molar-refractivity contribution in [1.82, 2.24) is 14.5 Å². The Morgan fingerprint density at radius 1 is 1.67 bits per heavy atom. The van der Waals surface area contributed by atoms with Crippen molar-refractivity contribution in [1.29, 1.82) is 0 Å². The van der Waals surface area contributed by atoms with E-state index >= 15 is 0 Å². The number of nitrogens with zero attached hydrogens (tertiary/aromatic N) is 4. The van der Waals surface area contributed by atoms with Gasteiger partial charge >= 0.3 is 0 Å². The van der Waals surface area contributed by atoms with Gasteiger partial charge in [-0.1, -0.05) is 5.16 Å². The number of hydrogen-bond donors (Lipinski definition) is 2. The molecule has 0 unspecified atom stereocenters. The molecule has 6 nitrogen and oxygen atoms in total. The quantitative estimate of drug-likeness (QED) is 0.318. The first-order valence-corrected chi connectivity index (χ1v) is 4.45. The van der Waals surface area contributed by atoms with E-state index in [4.69, 9.17) is 10.9 Å². The Kier molecular flexibility index (Phi) is 2.24. The summed E-state index contributed by atoms with van der Waals surface area (Å²) in [7, 11) is 1.85. The summed E-state index contributed by atoms with van der Waals surface area (Å²) in [4.78, 5) is 8.52. The summed E-state index contributed by atoms with van der Waals surface area (Å²) >= 11 is 0. The molecule has 0 atom stereocenters. The van der Waals surface area contributed by atoms with Gasteiger partial charge in [0.25, 0.3) is 0 Å². The van der Waals surface area contributed by atoms with Gasteiger partial charge in [-0.25, -0.2) is 9.97 Å². The summed E-state index contributed by atoms with van der Waals surface area (Å²) in [5.74, 6) is 0.854. The molecule has 0 aliphatic carbocycles. The molecule has 78 valence electrons. The number of aryl methyl sites for hydroxylation is 1. The van der Waals surface area contributed by atoms with Gasteiger partial charge in [-0.2, -0.15) is 0 Å². The molecular formula is C9H11N5O. The number of aromatic nitrogens is 3. The molecule has 6 heteroatoms. The molecule has 0 saturated carbocycles. The molecular weight excluding hydrogens is 194 g/mol. The van der Waals surface area contributed by atoms with Gasteiger partial charge in [-0.15, -0.1) is 0 Å². The van der Waals surface area contributed by atoms with Crippen LogP contribution < -0.4 is 5.73 Å². The van der Waals surface area contributed by atoms with Crippen molar-refractivity contribution in [2.45, 2.75) is 6.42 Å². The lowest BCUT2D eigenvalue weighted by molar-refractivity contribution is 0.317. The van der Waals surface area contributed by atoms with Gasteiger partial charge < -0.3 is 15.5 Å². The SMILES string of the molecule is Cn1c(C/C(N)=N/O)nc2cccnc21. The Morgan fingerprint density at radius 3 is 3.13 bits per heavy atom. The van der Waals surface area contributed by atoms with Gasteiger partial charge in [-0.3, -0.25) is 0 Å². The van der Waals surface area contributed by atoms with Crippen molar-refractivity contribution in [2.24, 2.45) is 17.9 Å². The van der Waals surface area contributed by atoms with Crippen molar-refractivity contribution >= 4 is 17.0 Å². The number of amidine groups is 1. The van der Waals surface area contributed by atoms with Crippen LogP contribution in [-0.2, 0) is 13.5 Å². The smallest absolute Gasteiger partial charge is 0.159 e. The Balaban J connectivity index is 2.49. The van der Waals surface area contributed by atoms with Crippen LogP contribution in [0, 0.1) is 0 Å². The van der Waals surface area contributed by atoms with Crippen molar-refractivity contribution in [2.75, 3.05) is 0 Å². The zero-order chi connectivity index (χ0) is 10.8. The van der Waals surface area contributed by atoms with Crippen molar-refractivity contribution in [3.05, 3.63) is 24.2 Å². The van der Waals surface area contributed by atoms with E-state index in [1.54, 1.807) is 6.20 Å². The fourth-order valence-corrected chi connectivity index (χ4v) is 1.43. The molecule has 0 saturated heterocycles.